The third-order valence-corrected chi connectivity index (χ3v) is 5.47. The summed E-state index contributed by atoms with van der Waals surface area (Å²) in [5, 5.41) is 36.2. The molecule has 172 valence electrons. The number of aryl methyl sites for hydroxylation is 1. The number of hydrogen-bond acceptors (Lipinski definition) is 6. The summed E-state index contributed by atoms with van der Waals surface area (Å²) in [5.41, 5.74) is 1.38. The zero-order chi connectivity index (χ0) is 23.3. The van der Waals surface area contributed by atoms with Crippen LogP contribution in [-0.4, -0.2) is 64.7 Å². The number of halogens is 1. The van der Waals surface area contributed by atoms with E-state index < -0.39 is 36.4 Å². The Bertz CT molecular complexity index is 823. The van der Waals surface area contributed by atoms with Gasteiger partial charge in [-0.15, -0.1) is 0 Å². The fourth-order valence-corrected chi connectivity index (χ4v) is 3.63. The summed E-state index contributed by atoms with van der Waals surface area (Å²) in [4.78, 5) is 25.3. The van der Waals surface area contributed by atoms with E-state index in [1.807, 2.05) is 32.9 Å². The van der Waals surface area contributed by atoms with E-state index in [4.69, 9.17) is 4.74 Å². The minimum atomic E-state index is -1.70. The molecule has 0 aliphatic carbocycles. The van der Waals surface area contributed by atoms with Crippen molar-refractivity contribution in [3.05, 3.63) is 40.4 Å². The van der Waals surface area contributed by atoms with E-state index in [-0.39, 0.29) is 11.3 Å². The normalized spacial score (nSPS) is 20.9. The molecule has 2 amide bonds. The van der Waals surface area contributed by atoms with Crippen LogP contribution in [0.5, 0.6) is 0 Å². The lowest BCUT2D eigenvalue weighted by molar-refractivity contribution is -0.150. The number of rotatable bonds is 7. The SMILES string of the molecule is CO[C@@H](C(=O)N[C@H]1CCc2cc(Br)ccc2NC1=O)[C@H](O)[C@@H](O)[C@H](O)C=CC(C)(C)C. The molecule has 0 radical (unpaired) electrons. The number of aliphatic hydroxyl groups excluding tert-OH is 3. The van der Waals surface area contributed by atoms with Crippen LogP contribution in [-0.2, 0) is 20.7 Å². The van der Waals surface area contributed by atoms with Gasteiger partial charge in [-0.05, 0) is 42.0 Å². The average molecular weight is 499 g/mol. The fourth-order valence-electron chi connectivity index (χ4n) is 3.22. The maximum absolute atomic E-state index is 12.7. The molecule has 0 bridgehead atoms. The molecule has 0 unspecified atom stereocenters. The molecule has 9 heteroatoms. The Labute approximate surface area is 190 Å². The topological polar surface area (TPSA) is 128 Å². The largest absolute Gasteiger partial charge is 0.387 e. The maximum atomic E-state index is 12.7. The lowest BCUT2D eigenvalue weighted by Gasteiger charge is -2.28. The number of carbonyl (C=O) groups excluding carboxylic acids is 2. The first-order chi connectivity index (χ1) is 14.4. The lowest BCUT2D eigenvalue weighted by atomic mass is 9.94. The molecule has 1 aromatic rings. The number of fused-ring (bicyclic) bond motifs is 1. The average Bonchev–Trinajstić information content (AvgIpc) is 2.84. The van der Waals surface area contributed by atoms with Crippen molar-refractivity contribution < 1.29 is 29.6 Å². The van der Waals surface area contributed by atoms with Crippen molar-refractivity contribution in [2.24, 2.45) is 5.41 Å². The Morgan fingerprint density at radius 2 is 1.97 bits per heavy atom. The molecule has 8 nitrogen and oxygen atoms in total. The highest BCUT2D eigenvalue weighted by Crippen LogP contribution is 2.26. The Morgan fingerprint density at radius 3 is 2.58 bits per heavy atom. The van der Waals surface area contributed by atoms with Gasteiger partial charge in [-0.2, -0.15) is 0 Å². The number of hydrogen-bond donors (Lipinski definition) is 5. The molecule has 2 rings (SSSR count). The van der Waals surface area contributed by atoms with Crippen molar-refractivity contribution in [2.45, 2.75) is 64.1 Å². The number of benzene rings is 1. The summed E-state index contributed by atoms with van der Waals surface area (Å²) >= 11 is 3.40. The molecular formula is C22H31BrN2O6. The van der Waals surface area contributed by atoms with Crippen molar-refractivity contribution in [3.63, 3.8) is 0 Å². The van der Waals surface area contributed by atoms with Crippen LogP contribution in [0.3, 0.4) is 0 Å². The standard InChI is InChI=1S/C22H31BrN2O6/c1-22(2,3)10-9-16(26)17(27)18(28)19(31-4)21(30)25-15-7-5-12-11-13(23)6-8-14(12)24-20(15)29/h6,8-11,15-19,26-28H,5,7H2,1-4H3,(H,24,29)(H,25,30)/t15-,16+,17-,18+,19+/m0/s1. The van der Waals surface area contributed by atoms with Crippen LogP contribution in [0, 0.1) is 5.41 Å². The van der Waals surface area contributed by atoms with Gasteiger partial charge < -0.3 is 30.7 Å². The molecule has 1 aromatic carbocycles. The van der Waals surface area contributed by atoms with E-state index in [9.17, 15) is 24.9 Å². The number of aliphatic hydroxyl groups is 3. The summed E-state index contributed by atoms with van der Waals surface area (Å²) in [6.07, 6.45) is -2.25. The first-order valence-corrected chi connectivity index (χ1v) is 10.9. The Balaban J connectivity index is 2.05. The zero-order valence-corrected chi connectivity index (χ0v) is 19.7. The van der Waals surface area contributed by atoms with E-state index >= 15 is 0 Å². The van der Waals surface area contributed by atoms with Crippen LogP contribution in [0.1, 0.15) is 32.8 Å². The first kappa shape index (κ1) is 25.5. The molecule has 0 aromatic heterocycles. The van der Waals surface area contributed by atoms with E-state index in [1.165, 1.54) is 13.2 Å². The van der Waals surface area contributed by atoms with Gasteiger partial charge in [-0.3, -0.25) is 9.59 Å². The van der Waals surface area contributed by atoms with Crippen molar-refractivity contribution >= 4 is 33.4 Å². The minimum absolute atomic E-state index is 0.232. The quantitative estimate of drug-likeness (QED) is 0.362. The fraction of sp³-hybridized carbons (Fsp3) is 0.545. The summed E-state index contributed by atoms with van der Waals surface area (Å²) in [6, 6.07) is 4.67. The highest BCUT2D eigenvalue weighted by Gasteiger charge is 2.37. The molecule has 1 aliphatic heterocycles. The summed E-state index contributed by atoms with van der Waals surface area (Å²) < 4.78 is 5.97. The highest BCUT2D eigenvalue weighted by atomic mass is 79.9. The number of allylic oxidation sites excluding steroid dienone is 1. The van der Waals surface area contributed by atoms with Crippen LogP contribution < -0.4 is 10.6 Å². The van der Waals surface area contributed by atoms with Crippen molar-refractivity contribution in [3.8, 4) is 0 Å². The molecule has 0 saturated carbocycles. The van der Waals surface area contributed by atoms with Crippen LogP contribution >= 0.6 is 15.9 Å². The summed E-state index contributed by atoms with van der Waals surface area (Å²) in [7, 11) is 1.21. The van der Waals surface area contributed by atoms with Gasteiger partial charge in [0.25, 0.3) is 5.91 Å². The molecule has 0 saturated heterocycles. The molecule has 1 aliphatic rings. The van der Waals surface area contributed by atoms with Crippen LogP contribution in [0.25, 0.3) is 0 Å². The Kier molecular flexibility index (Phi) is 8.79. The predicted octanol–water partition coefficient (Wildman–Crippen LogP) is 1.52. The van der Waals surface area contributed by atoms with Crippen molar-refractivity contribution in [1.29, 1.82) is 0 Å². The van der Waals surface area contributed by atoms with Crippen molar-refractivity contribution in [2.75, 3.05) is 12.4 Å². The van der Waals surface area contributed by atoms with Gasteiger partial charge in [0, 0.05) is 17.3 Å². The summed E-state index contributed by atoms with van der Waals surface area (Å²) in [6.45, 7) is 5.75. The van der Waals surface area contributed by atoms with Gasteiger partial charge in [0.15, 0.2) is 6.10 Å². The first-order valence-electron chi connectivity index (χ1n) is 10.1. The van der Waals surface area contributed by atoms with Gasteiger partial charge in [0.1, 0.15) is 24.4 Å². The predicted molar refractivity (Wildman–Crippen MR) is 120 cm³/mol. The minimum Gasteiger partial charge on any atom is -0.387 e. The van der Waals surface area contributed by atoms with E-state index in [2.05, 4.69) is 26.6 Å². The van der Waals surface area contributed by atoms with Gasteiger partial charge in [-0.25, -0.2) is 0 Å². The third-order valence-electron chi connectivity index (χ3n) is 4.98. The molecule has 31 heavy (non-hydrogen) atoms. The molecule has 0 fully saturated rings. The van der Waals surface area contributed by atoms with Crippen LogP contribution in [0.4, 0.5) is 5.69 Å². The highest BCUT2D eigenvalue weighted by molar-refractivity contribution is 9.10. The third kappa shape index (κ3) is 7.11. The van der Waals surface area contributed by atoms with Crippen molar-refractivity contribution in [1.82, 2.24) is 5.32 Å². The number of methoxy groups -OCH3 is 1. The van der Waals surface area contributed by atoms with E-state index in [0.29, 0.717) is 18.5 Å². The number of anilines is 1. The number of amides is 2. The van der Waals surface area contributed by atoms with Crippen LogP contribution in [0.15, 0.2) is 34.8 Å². The number of carbonyl (C=O) groups is 2. The Hall–Kier alpha value is -1.78. The van der Waals surface area contributed by atoms with Gasteiger partial charge in [0.2, 0.25) is 5.91 Å². The number of nitrogens with one attached hydrogen (secondary N) is 2. The second kappa shape index (κ2) is 10.7. The lowest BCUT2D eigenvalue weighted by Crippen LogP contribution is -2.55. The second-order valence-electron chi connectivity index (χ2n) is 8.74. The second-order valence-corrected chi connectivity index (χ2v) is 9.66. The smallest absolute Gasteiger partial charge is 0.252 e. The maximum Gasteiger partial charge on any atom is 0.252 e. The Morgan fingerprint density at radius 1 is 1.29 bits per heavy atom. The zero-order valence-electron chi connectivity index (χ0n) is 18.1. The van der Waals surface area contributed by atoms with Gasteiger partial charge in [-0.1, -0.05) is 48.9 Å². The molecule has 1 heterocycles. The number of ether oxygens (including phenoxy) is 1. The monoisotopic (exact) mass is 498 g/mol. The molecular weight excluding hydrogens is 468 g/mol. The molecule has 0 spiro atoms. The summed E-state index contributed by atoms with van der Waals surface area (Å²) in [5.74, 6) is -1.14. The van der Waals surface area contributed by atoms with Gasteiger partial charge >= 0.3 is 0 Å². The van der Waals surface area contributed by atoms with Crippen LogP contribution in [0.2, 0.25) is 0 Å². The molecule has 5 atom stereocenters. The van der Waals surface area contributed by atoms with Gasteiger partial charge in [0.05, 0.1) is 0 Å². The van der Waals surface area contributed by atoms with E-state index in [1.54, 1.807) is 12.1 Å². The molecule has 5 N–H and O–H groups in total. The van der Waals surface area contributed by atoms with E-state index in [0.717, 1.165) is 10.0 Å².